The van der Waals surface area contributed by atoms with Crippen molar-refractivity contribution < 1.29 is 14.3 Å². The second-order valence-corrected chi connectivity index (χ2v) is 8.87. The molecule has 0 bridgehead atoms. The van der Waals surface area contributed by atoms with E-state index in [2.05, 4.69) is 17.0 Å². The first-order chi connectivity index (χ1) is 17.1. The maximum absolute atomic E-state index is 13.5. The summed E-state index contributed by atoms with van der Waals surface area (Å²) in [7, 11) is 0. The van der Waals surface area contributed by atoms with Crippen molar-refractivity contribution in [1.29, 1.82) is 0 Å². The number of benzene rings is 2. The van der Waals surface area contributed by atoms with E-state index in [0.717, 1.165) is 24.3 Å². The SMILES string of the molecule is CCn1nc(C(=O)N2CCN(c3ccccc3)CC2)c2c1CCN(C(=O)COc1ccccc1)C2. The van der Waals surface area contributed by atoms with Crippen LogP contribution in [0.25, 0.3) is 0 Å². The Hall–Kier alpha value is -3.81. The molecule has 35 heavy (non-hydrogen) atoms. The van der Waals surface area contributed by atoms with E-state index < -0.39 is 0 Å². The van der Waals surface area contributed by atoms with Gasteiger partial charge < -0.3 is 19.4 Å². The molecular formula is C27H31N5O3. The van der Waals surface area contributed by atoms with Crippen molar-refractivity contribution in [3.05, 3.63) is 77.6 Å². The first kappa shape index (κ1) is 23.0. The smallest absolute Gasteiger partial charge is 0.274 e. The lowest BCUT2D eigenvalue weighted by molar-refractivity contribution is -0.134. The third-order valence-electron chi connectivity index (χ3n) is 6.78. The van der Waals surface area contributed by atoms with Crippen LogP contribution < -0.4 is 9.64 Å². The van der Waals surface area contributed by atoms with Crippen molar-refractivity contribution in [1.82, 2.24) is 19.6 Å². The molecule has 5 rings (SSSR count). The normalized spacial score (nSPS) is 15.6. The number of piperazine rings is 1. The third kappa shape index (κ3) is 4.87. The van der Waals surface area contributed by atoms with Gasteiger partial charge in [-0.05, 0) is 31.2 Å². The van der Waals surface area contributed by atoms with Crippen LogP contribution in [-0.2, 0) is 24.3 Å². The zero-order valence-electron chi connectivity index (χ0n) is 20.1. The highest BCUT2D eigenvalue weighted by molar-refractivity contribution is 5.94. The fraction of sp³-hybridized carbons (Fsp3) is 0.370. The number of fused-ring (bicyclic) bond motifs is 1. The van der Waals surface area contributed by atoms with Crippen LogP contribution in [0, 0.1) is 0 Å². The van der Waals surface area contributed by atoms with Crippen molar-refractivity contribution >= 4 is 17.5 Å². The van der Waals surface area contributed by atoms with E-state index >= 15 is 0 Å². The van der Waals surface area contributed by atoms with Crippen LogP contribution in [0.4, 0.5) is 5.69 Å². The van der Waals surface area contributed by atoms with Gasteiger partial charge in [0.2, 0.25) is 0 Å². The van der Waals surface area contributed by atoms with E-state index in [9.17, 15) is 9.59 Å². The quantitative estimate of drug-likeness (QED) is 0.551. The van der Waals surface area contributed by atoms with Gasteiger partial charge in [-0.2, -0.15) is 5.10 Å². The summed E-state index contributed by atoms with van der Waals surface area (Å²) in [6.07, 6.45) is 0.683. The van der Waals surface area contributed by atoms with E-state index in [1.54, 1.807) is 4.90 Å². The lowest BCUT2D eigenvalue weighted by atomic mass is 10.0. The van der Waals surface area contributed by atoms with Crippen LogP contribution in [0.2, 0.25) is 0 Å². The molecule has 2 aliphatic heterocycles. The van der Waals surface area contributed by atoms with Crippen molar-refractivity contribution in [2.45, 2.75) is 26.4 Å². The van der Waals surface area contributed by atoms with Gasteiger partial charge in [0.15, 0.2) is 12.3 Å². The molecule has 1 aromatic heterocycles. The van der Waals surface area contributed by atoms with Crippen LogP contribution in [0.5, 0.6) is 5.75 Å². The topological polar surface area (TPSA) is 70.9 Å². The maximum Gasteiger partial charge on any atom is 0.274 e. The molecule has 0 unspecified atom stereocenters. The Balaban J connectivity index is 1.27. The number of rotatable bonds is 6. The second kappa shape index (κ2) is 10.2. The fourth-order valence-electron chi connectivity index (χ4n) is 4.85. The largest absolute Gasteiger partial charge is 0.484 e. The Labute approximate surface area is 205 Å². The summed E-state index contributed by atoms with van der Waals surface area (Å²) >= 11 is 0. The van der Waals surface area contributed by atoms with Gasteiger partial charge >= 0.3 is 0 Å². The molecule has 0 radical (unpaired) electrons. The van der Waals surface area contributed by atoms with Gasteiger partial charge in [-0.3, -0.25) is 14.3 Å². The number of amides is 2. The summed E-state index contributed by atoms with van der Waals surface area (Å²) in [5.41, 5.74) is 3.60. The molecule has 0 spiro atoms. The summed E-state index contributed by atoms with van der Waals surface area (Å²) in [5, 5.41) is 4.69. The van der Waals surface area contributed by atoms with E-state index in [0.29, 0.717) is 50.6 Å². The average molecular weight is 474 g/mol. The number of nitrogens with zero attached hydrogens (tertiary/aromatic N) is 5. The van der Waals surface area contributed by atoms with Crippen LogP contribution >= 0.6 is 0 Å². The van der Waals surface area contributed by atoms with E-state index in [1.807, 2.05) is 65.0 Å². The van der Waals surface area contributed by atoms with Gasteiger partial charge in [0, 0.05) is 69.2 Å². The number of anilines is 1. The number of carbonyl (C=O) groups excluding carboxylic acids is 2. The summed E-state index contributed by atoms with van der Waals surface area (Å²) < 4.78 is 7.58. The van der Waals surface area contributed by atoms with Gasteiger partial charge in [-0.15, -0.1) is 0 Å². The number of para-hydroxylation sites is 2. The first-order valence-corrected chi connectivity index (χ1v) is 12.3. The summed E-state index contributed by atoms with van der Waals surface area (Å²) in [6, 6.07) is 19.6. The number of aryl methyl sites for hydroxylation is 1. The Kier molecular flexibility index (Phi) is 6.70. The molecule has 2 amide bonds. The molecule has 0 atom stereocenters. The number of aromatic nitrogens is 2. The lowest BCUT2D eigenvalue weighted by Crippen LogP contribution is -2.49. The number of ether oxygens (including phenoxy) is 1. The van der Waals surface area contributed by atoms with Crippen molar-refractivity contribution in [3.8, 4) is 5.75 Å². The van der Waals surface area contributed by atoms with E-state index in [-0.39, 0.29) is 18.4 Å². The maximum atomic E-state index is 13.5. The summed E-state index contributed by atoms with van der Waals surface area (Å²) in [5.74, 6) is 0.539. The Morgan fingerprint density at radius 1 is 0.886 bits per heavy atom. The number of carbonyl (C=O) groups is 2. The highest BCUT2D eigenvalue weighted by Crippen LogP contribution is 2.25. The van der Waals surface area contributed by atoms with E-state index in [1.165, 1.54) is 5.69 Å². The average Bonchev–Trinajstić information content (AvgIpc) is 3.30. The number of hydrogen-bond acceptors (Lipinski definition) is 5. The minimum absolute atomic E-state index is 0.0218. The van der Waals surface area contributed by atoms with Gasteiger partial charge in [0.05, 0.1) is 0 Å². The molecule has 2 aromatic carbocycles. The predicted molar refractivity (Wildman–Crippen MR) is 134 cm³/mol. The van der Waals surface area contributed by atoms with Gasteiger partial charge in [-0.25, -0.2) is 0 Å². The molecule has 3 aromatic rings. The molecular weight excluding hydrogens is 442 g/mol. The minimum atomic E-state index is -0.0846. The van der Waals surface area contributed by atoms with Gasteiger partial charge in [0.25, 0.3) is 11.8 Å². The molecule has 1 fully saturated rings. The second-order valence-electron chi connectivity index (χ2n) is 8.87. The highest BCUT2D eigenvalue weighted by Gasteiger charge is 2.32. The van der Waals surface area contributed by atoms with Crippen LogP contribution in [-0.4, -0.2) is 70.7 Å². The Bertz CT molecular complexity index is 1170. The molecule has 0 N–H and O–H groups in total. The van der Waals surface area contributed by atoms with Gasteiger partial charge in [0.1, 0.15) is 5.75 Å². The van der Waals surface area contributed by atoms with Gasteiger partial charge in [-0.1, -0.05) is 36.4 Å². The lowest BCUT2D eigenvalue weighted by Gasteiger charge is -2.36. The predicted octanol–water partition coefficient (Wildman–Crippen LogP) is 2.83. The van der Waals surface area contributed by atoms with Crippen LogP contribution in [0.1, 0.15) is 28.7 Å². The van der Waals surface area contributed by atoms with E-state index in [4.69, 9.17) is 9.84 Å². The van der Waals surface area contributed by atoms with Crippen LogP contribution in [0.3, 0.4) is 0 Å². The molecule has 3 heterocycles. The summed E-state index contributed by atoms with van der Waals surface area (Å²) in [4.78, 5) is 32.4. The molecule has 2 aliphatic rings. The van der Waals surface area contributed by atoms with Crippen molar-refractivity contribution in [2.75, 3.05) is 44.2 Å². The monoisotopic (exact) mass is 473 g/mol. The Morgan fingerprint density at radius 2 is 1.57 bits per heavy atom. The van der Waals surface area contributed by atoms with Crippen molar-refractivity contribution in [3.63, 3.8) is 0 Å². The molecule has 1 saturated heterocycles. The zero-order chi connectivity index (χ0) is 24.2. The fourth-order valence-corrected chi connectivity index (χ4v) is 4.85. The molecule has 0 saturated carbocycles. The van der Waals surface area contributed by atoms with Crippen LogP contribution in [0.15, 0.2) is 60.7 Å². The Morgan fingerprint density at radius 3 is 2.26 bits per heavy atom. The zero-order valence-corrected chi connectivity index (χ0v) is 20.1. The molecule has 8 nitrogen and oxygen atoms in total. The first-order valence-electron chi connectivity index (χ1n) is 12.3. The van der Waals surface area contributed by atoms with Crippen molar-refractivity contribution in [2.24, 2.45) is 0 Å². The third-order valence-corrected chi connectivity index (χ3v) is 6.78. The molecule has 8 heteroatoms. The highest BCUT2D eigenvalue weighted by atomic mass is 16.5. The molecule has 0 aliphatic carbocycles. The standard InChI is InChI=1S/C27H31N5O3/c1-2-32-24-13-14-31(25(33)20-35-22-11-7-4-8-12-22)19-23(24)26(28-32)27(34)30-17-15-29(16-18-30)21-9-5-3-6-10-21/h3-12H,2,13-20H2,1H3. The summed E-state index contributed by atoms with van der Waals surface area (Å²) in [6.45, 7) is 6.56. The molecule has 182 valence electrons. The number of hydrogen-bond donors (Lipinski definition) is 0. The minimum Gasteiger partial charge on any atom is -0.484 e.